The predicted octanol–water partition coefficient (Wildman–Crippen LogP) is -0.0582. The minimum absolute atomic E-state index is 0.195. The van der Waals surface area contributed by atoms with Crippen molar-refractivity contribution in [3.05, 3.63) is 0 Å². The standard InChI is InChI=1S/C8H15NO4/c1-3-5(2)4-6(10)9-7(11)8(12)13/h5,7,11H,3-4H2,1-2H3,(H,9,10)(H,12,13). The van der Waals surface area contributed by atoms with Gasteiger partial charge in [0.1, 0.15) is 0 Å². The fourth-order valence-corrected chi connectivity index (χ4v) is 0.734. The Balaban J connectivity index is 3.81. The van der Waals surface area contributed by atoms with Crippen LogP contribution in [0, 0.1) is 5.92 Å². The summed E-state index contributed by atoms with van der Waals surface area (Å²) in [6, 6.07) is 0. The van der Waals surface area contributed by atoms with E-state index in [0.29, 0.717) is 0 Å². The van der Waals surface area contributed by atoms with Crippen LogP contribution in [0.5, 0.6) is 0 Å². The van der Waals surface area contributed by atoms with Gasteiger partial charge in [-0.25, -0.2) is 4.79 Å². The molecule has 0 saturated heterocycles. The lowest BCUT2D eigenvalue weighted by molar-refractivity contribution is -0.151. The number of aliphatic hydroxyl groups is 1. The minimum Gasteiger partial charge on any atom is -0.478 e. The second kappa shape index (κ2) is 5.53. The number of rotatable bonds is 5. The Morgan fingerprint density at radius 3 is 2.38 bits per heavy atom. The molecule has 0 aromatic rings. The normalized spacial score (nSPS) is 14.7. The molecule has 2 atom stereocenters. The average Bonchev–Trinajstić information content (AvgIpc) is 2.03. The zero-order valence-corrected chi connectivity index (χ0v) is 7.78. The van der Waals surface area contributed by atoms with Crippen molar-refractivity contribution in [2.24, 2.45) is 5.92 Å². The molecule has 1 amide bonds. The number of carboxylic acid groups (broad SMARTS) is 1. The largest absolute Gasteiger partial charge is 0.478 e. The van der Waals surface area contributed by atoms with Gasteiger partial charge in [0.15, 0.2) is 0 Å². The summed E-state index contributed by atoms with van der Waals surface area (Å²) in [6.07, 6.45) is -0.714. The maximum absolute atomic E-state index is 11.0. The third kappa shape index (κ3) is 5.19. The van der Waals surface area contributed by atoms with Gasteiger partial charge in [-0.3, -0.25) is 4.79 Å². The van der Waals surface area contributed by atoms with Crippen molar-refractivity contribution in [3.8, 4) is 0 Å². The van der Waals surface area contributed by atoms with Crippen molar-refractivity contribution >= 4 is 11.9 Å². The van der Waals surface area contributed by atoms with Crippen LogP contribution < -0.4 is 5.32 Å². The molecule has 0 heterocycles. The zero-order chi connectivity index (χ0) is 10.4. The van der Waals surface area contributed by atoms with Gasteiger partial charge in [0.25, 0.3) is 0 Å². The highest BCUT2D eigenvalue weighted by Gasteiger charge is 2.16. The second-order valence-corrected chi connectivity index (χ2v) is 3.03. The second-order valence-electron chi connectivity index (χ2n) is 3.03. The quantitative estimate of drug-likeness (QED) is 0.529. The van der Waals surface area contributed by atoms with Gasteiger partial charge in [0.05, 0.1) is 0 Å². The Kier molecular flexibility index (Phi) is 5.06. The van der Waals surface area contributed by atoms with Crippen LogP contribution in [-0.2, 0) is 9.59 Å². The predicted molar refractivity (Wildman–Crippen MR) is 45.9 cm³/mol. The van der Waals surface area contributed by atoms with E-state index in [1.807, 2.05) is 19.2 Å². The lowest BCUT2D eigenvalue weighted by atomic mass is 10.1. The van der Waals surface area contributed by atoms with Crippen molar-refractivity contribution < 1.29 is 19.8 Å². The molecule has 0 aliphatic rings. The van der Waals surface area contributed by atoms with Crippen LogP contribution in [0.1, 0.15) is 26.7 Å². The molecule has 0 rings (SSSR count). The molecule has 13 heavy (non-hydrogen) atoms. The summed E-state index contributed by atoms with van der Waals surface area (Å²) in [5.41, 5.74) is 0. The van der Waals surface area contributed by atoms with E-state index in [2.05, 4.69) is 0 Å². The molecule has 5 heteroatoms. The van der Waals surface area contributed by atoms with E-state index in [1.54, 1.807) is 0 Å². The third-order valence-electron chi connectivity index (χ3n) is 1.76. The first-order valence-corrected chi connectivity index (χ1v) is 4.17. The Morgan fingerprint density at radius 2 is 2.00 bits per heavy atom. The molecule has 0 spiro atoms. The molecule has 0 bridgehead atoms. The van der Waals surface area contributed by atoms with E-state index in [-0.39, 0.29) is 12.3 Å². The van der Waals surface area contributed by atoms with Gasteiger partial charge < -0.3 is 15.5 Å². The van der Waals surface area contributed by atoms with Gasteiger partial charge in [0.2, 0.25) is 12.1 Å². The van der Waals surface area contributed by atoms with Gasteiger partial charge >= 0.3 is 5.97 Å². The summed E-state index contributed by atoms with van der Waals surface area (Å²) in [7, 11) is 0. The van der Waals surface area contributed by atoms with Crippen LogP contribution >= 0.6 is 0 Å². The molecule has 2 unspecified atom stereocenters. The van der Waals surface area contributed by atoms with E-state index in [9.17, 15) is 9.59 Å². The fraction of sp³-hybridized carbons (Fsp3) is 0.750. The number of carbonyl (C=O) groups excluding carboxylic acids is 1. The topological polar surface area (TPSA) is 86.6 Å². The highest BCUT2D eigenvalue weighted by molar-refractivity contribution is 5.82. The Labute approximate surface area is 76.8 Å². The summed E-state index contributed by atoms with van der Waals surface area (Å²) >= 11 is 0. The summed E-state index contributed by atoms with van der Waals surface area (Å²) < 4.78 is 0. The van der Waals surface area contributed by atoms with Crippen molar-refractivity contribution in [2.45, 2.75) is 32.9 Å². The molecule has 5 nitrogen and oxygen atoms in total. The molecule has 0 aromatic carbocycles. The van der Waals surface area contributed by atoms with E-state index < -0.39 is 18.1 Å². The number of carbonyl (C=O) groups is 2. The monoisotopic (exact) mass is 189 g/mol. The third-order valence-corrected chi connectivity index (χ3v) is 1.76. The molecular weight excluding hydrogens is 174 g/mol. The highest BCUT2D eigenvalue weighted by atomic mass is 16.4. The first-order valence-electron chi connectivity index (χ1n) is 4.17. The highest BCUT2D eigenvalue weighted by Crippen LogP contribution is 2.05. The molecule has 0 saturated carbocycles. The number of aliphatic hydroxyl groups excluding tert-OH is 1. The molecule has 76 valence electrons. The van der Waals surface area contributed by atoms with Gasteiger partial charge in [-0.1, -0.05) is 20.3 Å². The molecule has 0 fully saturated rings. The van der Waals surface area contributed by atoms with Gasteiger partial charge in [-0.05, 0) is 5.92 Å². The van der Waals surface area contributed by atoms with Crippen molar-refractivity contribution in [2.75, 3.05) is 0 Å². The van der Waals surface area contributed by atoms with Crippen molar-refractivity contribution in [1.29, 1.82) is 0 Å². The summed E-state index contributed by atoms with van der Waals surface area (Å²) in [5.74, 6) is -1.69. The summed E-state index contributed by atoms with van der Waals surface area (Å²) in [6.45, 7) is 3.82. The number of nitrogens with one attached hydrogen (secondary N) is 1. The number of carboxylic acids is 1. The molecule has 0 radical (unpaired) electrons. The van der Waals surface area contributed by atoms with E-state index >= 15 is 0 Å². The minimum atomic E-state index is -1.79. The number of aliphatic carboxylic acids is 1. The Bertz CT molecular complexity index is 193. The molecule has 0 aromatic heterocycles. The maximum atomic E-state index is 11.0. The summed E-state index contributed by atoms with van der Waals surface area (Å²) in [4.78, 5) is 21.1. The first-order chi connectivity index (χ1) is 5.97. The smallest absolute Gasteiger partial charge is 0.353 e. The molecular formula is C8H15NO4. The van der Waals surface area contributed by atoms with Crippen molar-refractivity contribution in [1.82, 2.24) is 5.32 Å². The van der Waals surface area contributed by atoms with Gasteiger partial charge in [-0.2, -0.15) is 0 Å². The van der Waals surface area contributed by atoms with Crippen LogP contribution in [0.25, 0.3) is 0 Å². The SMILES string of the molecule is CCC(C)CC(=O)NC(O)C(=O)O. The van der Waals surface area contributed by atoms with Crippen LogP contribution in [-0.4, -0.2) is 28.3 Å². The van der Waals surface area contributed by atoms with E-state index in [0.717, 1.165) is 6.42 Å². The lowest BCUT2D eigenvalue weighted by Crippen LogP contribution is -2.40. The Morgan fingerprint density at radius 1 is 1.46 bits per heavy atom. The van der Waals surface area contributed by atoms with Crippen molar-refractivity contribution in [3.63, 3.8) is 0 Å². The zero-order valence-electron chi connectivity index (χ0n) is 7.78. The van der Waals surface area contributed by atoms with Crippen LogP contribution in [0.2, 0.25) is 0 Å². The first kappa shape index (κ1) is 11.9. The number of hydrogen-bond acceptors (Lipinski definition) is 3. The van der Waals surface area contributed by atoms with Gasteiger partial charge in [0, 0.05) is 6.42 Å². The average molecular weight is 189 g/mol. The molecule has 0 aliphatic carbocycles. The van der Waals surface area contributed by atoms with Crippen LogP contribution in [0.4, 0.5) is 0 Å². The van der Waals surface area contributed by atoms with Crippen LogP contribution in [0.3, 0.4) is 0 Å². The van der Waals surface area contributed by atoms with Crippen LogP contribution in [0.15, 0.2) is 0 Å². The number of amides is 1. The fourth-order valence-electron chi connectivity index (χ4n) is 0.734. The number of hydrogen-bond donors (Lipinski definition) is 3. The molecule has 0 aliphatic heterocycles. The Hall–Kier alpha value is -1.10. The maximum Gasteiger partial charge on any atom is 0.353 e. The van der Waals surface area contributed by atoms with E-state index in [4.69, 9.17) is 10.2 Å². The van der Waals surface area contributed by atoms with E-state index in [1.165, 1.54) is 0 Å². The molecule has 3 N–H and O–H groups in total. The summed E-state index contributed by atoms with van der Waals surface area (Å²) in [5, 5.41) is 19.0. The lowest BCUT2D eigenvalue weighted by Gasteiger charge is -2.10. The van der Waals surface area contributed by atoms with Gasteiger partial charge in [-0.15, -0.1) is 0 Å².